The van der Waals surface area contributed by atoms with Gasteiger partial charge in [-0.2, -0.15) is 13.2 Å². The zero-order chi connectivity index (χ0) is 25.3. The fourth-order valence-electron chi connectivity index (χ4n) is 4.85. The lowest BCUT2D eigenvalue weighted by molar-refractivity contribution is -0.180. The van der Waals surface area contributed by atoms with Crippen molar-refractivity contribution in [3.8, 4) is 11.1 Å². The van der Waals surface area contributed by atoms with Crippen molar-refractivity contribution in [3.05, 3.63) is 59.7 Å². The molecule has 2 amide bonds. The van der Waals surface area contributed by atoms with Gasteiger partial charge in [0, 0.05) is 12.5 Å². The number of likely N-dealkylation sites (tertiary alicyclic amines) is 1. The molecule has 2 aromatic carbocycles. The van der Waals surface area contributed by atoms with Crippen molar-refractivity contribution in [2.75, 3.05) is 13.2 Å². The topological polar surface area (TPSA) is 95.9 Å². The standard InChI is InChI=1S/C25H25F3N2O5/c1-14-10-11-30(20(12-14)23(32)33)22(31)21(25(26,27)28)29-24(34)35-13-19-17-8-4-2-6-15(17)16-7-3-5-9-18(16)19/h2-9,14,19-21H,10-13H2,1H3,(H,29,34)(H,32,33). The maximum absolute atomic E-state index is 13.8. The maximum atomic E-state index is 13.8. The molecule has 1 saturated heterocycles. The van der Waals surface area contributed by atoms with Crippen molar-refractivity contribution < 1.29 is 37.4 Å². The van der Waals surface area contributed by atoms with Crippen molar-refractivity contribution in [2.45, 2.75) is 43.9 Å². The molecule has 0 radical (unpaired) electrons. The largest absolute Gasteiger partial charge is 0.480 e. The molecule has 2 aromatic rings. The first-order valence-corrected chi connectivity index (χ1v) is 11.3. The number of rotatable bonds is 5. The van der Waals surface area contributed by atoms with Crippen LogP contribution in [0.15, 0.2) is 48.5 Å². The van der Waals surface area contributed by atoms with E-state index < -0.39 is 36.2 Å². The third-order valence-electron chi connectivity index (χ3n) is 6.61. The summed E-state index contributed by atoms with van der Waals surface area (Å²) in [6.45, 7) is 1.40. The van der Waals surface area contributed by atoms with E-state index in [1.807, 2.05) is 48.5 Å². The second-order valence-corrected chi connectivity index (χ2v) is 8.96. The highest BCUT2D eigenvalue weighted by Crippen LogP contribution is 2.44. The van der Waals surface area contributed by atoms with Crippen molar-refractivity contribution in [1.29, 1.82) is 0 Å². The number of carbonyl (C=O) groups is 3. The Morgan fingerprint density at radius 3 is 2.20 bits per heavy atom. The number of carboxylic acids is 1. The highest BCUT2D eigenvalue weighted by atomic mass is 19.4. The van der Waals surface area contributed by atoms with Gasteiger partial charge in [0.2, 0.25) is 6.04 Å². The van der Waals surface area contributed by atoms with Gasteiger partial charge in [0.05, 0.1) is 0 Å². The Balaban J connectivity index is 1.47. The monoisotopic (exact) mass is 490 g/mol. The van der Waals surface area contributed by atoms with Crippen LogP contribution in [0.25, 0.3) is 11.1 Å². The number of nitrogens with one attached hydrogen (secondary N) is 1. The van der Waals surface area contributed by atoms with Crippen LogP contribution in [0.1, 0.15) is 36.8 Å². The Morgan fingerprint density at radius 2 is 1.66 bits per heavy atom. The molecule has 2 aliphatic rings. The van der Waals surface area contributed by atoms with E-state index in [-0.39, 0.29) is 31.4 Å². The number of hydrogen-bond donors (Lipinski definition) is 2. The minimum Gasteiger partial charge on any atom is -0.480 e. The first-order valence-electron chi connectivity index (χ1n) is 11.3. The molecule has 1 fully saturated rings. The number of alkyl carbamates (subject to hydrolysis) is 1. The van der Waals surface area contributed by atoms with Gasteiger partial charge >= 0.3 is 18.2 Å². The minimum absolute atomic E-state index is 0.0383. The SMILES string of the molecule is CC1CCN(C(=O)C(NC(=O)OCC2c3ccccc3-c3ccccc32)C(F)(F)F)C(C(=O)O)C1. The van der Waals surface area contributed by atoms with E-state index >= 15 is 0 Å². The van der Waals surface area contributed by atoms with Gasteiger partial charge in [-0.3, -0.25) is 4.79 Å². The molecule has 2 N–H and O–H groups in total. The number of nitrogens with zero attached hydrogens (tertiary/aromatic N) is 1. The number of amides is 2. The molecular formula is C25H25F3N2O5. The van der Waals surface area contributed by atoms with Crippen molar-refractivity contribution in [2.24, 2.45) is 5.92 Å². The highest BCUT2D eigenvalue weighted by molar-refractivity contribution is 5.90. The fourth-order valence-corrected chi connectivity index (χ4v) is 4.85. The molecule has 1 aliphatic carbocycles. The van der Waals surface area contributed by atoms with Gasteiger partial charge in [0.25, 0.3) is 5.91 Å². The summed E-state index contributed by atoms with van der Waals surface area (Å²) in [7, 11) is 0. The Morgan fingerprint density at radius 1 is 1.09 bits per heavy atom. The molecule has 1 heterocycles. The molecule has 10 heteroatoms. The van der Waals surface area contributed by atoms with Crippen LogP contribution in [-0.2, 0) is 14.3 Å². The van der Waals surface area contributed by atoms with E-state index in [0.29, 0.717) is 11.3 Å². The van der Waals surface area contributed by atoms with Crippen molar-refractivity contribution >= 4 is 18.0 Å². The van der Waals surface area contributed by atoms with Crippen LogP contribution < -0.4 is 5.32 Å². The highest BCUT2D eigenvalue weighted by Gasteiger charge is 2.50. The molecule has 186 valence electrons. The summed E-state index contributed by atoms with van der Waals surface area (Å²) in [5, 5.41) is 11.0. The summed E-state index contributed by atoms with van der Waals surface area (Å²) in [5.74, 6) is -3.31. The first-order chi connectivity index (χ1) is 16.6. The molecule has 0 spiro atoms. The summed E-state index contributed by atoms with van der Waals surface area (Å²) in [5.41, 5.74) is 3.69. The number of ether oxygens (including phenoxy) is 1. The number of hydrogen-bond acceptors (Lipinski definition) is 4. The number of alkyl halides is 3. The molecule has 1 aliphatic heterocycles. The predicted octanol–water partition coefficient (Wildman–Crippen LogP) is 4.17. The van der Waals surface area contributed by atoms with E-state index in [1.165, 1.54) is 0 Å². The normalized spacial score (nSPS) is 20.5. The number of carbonyl (C=O) groups excluding carboxylic acids is 2. The van der Waals surface area contributed by atoms with Crippen molar-refractivity contribution in [1.82, 2.24) is 10.2 Å². The first kappa shape index (κ1) is 24.6. The summed E-state index contributed by atoms with van der Waals surface area (Å²) in [6.07, 6.45) is -6.13. The Hall–Kier alpha value is -3.56. The van der Waals surface area contributed by atoms with Crippen LogP contribution in [0.3, 0.4) is 0 Å². The Kier molecular flexibility index (Phi) is 6.73. The molecule has 0 aromatic heterocycles. The minimum atomic E-state index is -5.13. The van der Waals surface area contributed by atoms with Crippen LogP contribution in [-0.4, -0.2) is 59.4 Å². The van der Waals surface area contributed by atoms with Crippen LogP contribution in [0.4, 0.5) is 18.0 Å². The lowest BCUT2D eigenvalue weighted by Crippen LogP contribution is -2.60. The smallest absolute Gasteiger partial charge is 0.417 e. The Labute approximate surface area is 199 Å². The molecule has 7 nitrogen and oxygen atoms in total. The van der Waals surface area contributed by atoms with E-state index in [1.54, 1.807) is 12.2 Å². The average Bonchev–Trinajstić information content (AvgIpc) is 3.13. The van der Waals surface area contributed by atoms with E-state index in [2.05, 4.69) is 0 Å². The van der Waals surface area contributed by atoms with E-state index in [9.17, 15) is 32.7 Å². The number of fused-ring (bicyclic) bond motifs is 3. The maximum Gasteiger partial charge on any atom is 0.417 e. The number of halogens is 3. The van der Waals surface area contributed by atoms with Crippen LogP contribution >= 0.6 is 0 Å². The lowest BCUT2D eigenvalue weighted by Gasteiger charge is -2.38. The lowest BCUT2D eigenvalue weighted by atomic mass is 9.92. The fraction of sp³-hybridized carbons (Fsp3) is 0.400. The van der Waals surface area contributed by atoms with Gasteiger partial charge in [-0.1, -0.05) is 55.5 Å². The molecular weight excluding hydrogens is 465 g/mol. The zero-order valence-electron chi connectivity index (χ0n) is 18.9. The number of aliphatic carboxylic acids is 1. The predicted molar refractivity (Wildman–Crippen MR) is 120 cm³/mol. The van der Waals surface area contributed by atoms with E-state index in [4.69, 9.17) is 4.74 Å². The number of piperidine rings is 1. The third kappa shape index (κ3) is 4.96. The number of carboxylic acid groups (broad SMARTS) is 1. The molecule has 3 atom stereocenters. The van der Waals surface area contributed by atoms with Gasteiger partial charge in [-0.05, 0) is 41.0 Å². The Bertz CT molecular complexity index is 1090. The second-order valence-electron chi connectivity index (χ2n) is 8.96. The van der Waals surface area contributed by atoms with E-state index in [0.717, 1.165) is 22.3 Å². The van der Waals surface area contributed by atoms with Crippen LogP contribution in [0, 0.1) is 5.92 Å². The summed E-state index contributed by atoms with van der Waals surface area (Å²) in [6, 6.07) is 10.7. The third-order valence-corrected chi connectivity index (χ3v) is 6.61. The number of benzene rings is 2. The summed E-state index contributed by atoms with van der Waals surface area (Å²) >= 11 is 0. The molecule has 35 heavy (non-hydrogen) atoms. The molecule has 3 unspecified atom stereocenters. The molecule has 4 rings (SSSR count). The van der Waals surface area contributed by atoms with Crippen LogP contribution in [0.2, 0.25) is 0 Å². The zero-order valence-corrected chi connectivity index (χ0v) is 18.9. The quantitative estimate of drug-likeness (QED) is 0.656. The molecule has 0 bridgehead atoms. The van der Waals surface area contributed by atoms with Crippen molar-refractivity contribution in [3.63, 3.8) is 0 Å². The average molecular weight is 490 g/mol. The molecule has 0 saturated carbocycles. The summed E-state index contributed by atoms with van der Waals surface area (Å²) in [4.78, 5) is 37.4. The van der Waals surface area contributed by atoms with Crippen LogP contribution in [0.5, 0.6) is 0 Å². The van der Waals surface area contributed by atoms with Gasteiger partial charge in [-0.25, -0.2) is 9.59 Å². The van der Waals surface area contributed by atoms with Gasteiger partial charge in [-0.15, -0.1) is 0 Å². The summed E-state index contributed by atoms with van der Waals surface area (Å²) < 4.78 is 46.4. The van der Waals surface area contributed by atoms with Gasteiger partial charge in [0.15, 0.2) is 0 Å². The van der Waals surface area contributed by atoms with Gasteiger partial charge < -0.3 is 20.1 Å². The van der Waals surface area contributed by atoms with Gasteiger partial charge in [0.1, 0.15) is 12.6 Å². The second kappa shape index (κ2) is 9.59.